The fourth-order valence-corrected chi connectivity index (χ4v) is 2.17. The van der Waals surface area contributed by atoms with Gasteiger partial charge in [0.2, 0.25) is 5.91 Å². The number of furan rings is 1. The number of hydrogen-bond donors (Lipinski definition) is 0. The Hall–Kier alpha value is -2.76. The van der Waals surface area contributed by atoms with Gasteiger partial charge in [0, 0.05) is 12.1 Å². The van der Waals surface area contributed by atoms with Crippen molar-refractivity contribution >= 4 is 12.0 Å². The maximum absolute atomic E-state index is 11.9. The van der Waals surface area contributed by atoms with Gasteiger partial charge in [0.05, 0.1) is 25.4 Å². The summed E-state index contributed by atoms with van der Waals surface area (Å²) in [6.07, 6.45) is 4.54. The lowest BCUT2D eigenvalue weighted by molar-refractivity contribution is -0.134. The summed E-state index contributed by atoms with van der Waals surface area (Å²) in [4.78, 5) is 24.8. The maximum Gasteiger partial charge on any atom is 0.339 e. The summed E-state index contributed by atoms with van der Waals surface area (Å²) < 4.78 is 15.6. The van der Waals surface area contributed by atoms with Crippen LogP contribution in [0, 0.1) is 6.92 Å². The molecule has 0 unspecified atom stereocenters. The molecule has 1 aliphatic rings. The van der Waals surface area contributed by atoms with Crippen LogP contribution < -0.4 is 10.4 Å². The van der Waals surface area contributed by atoms with E-state index < -0.39 is 5.63 Å². The minimum Gasteiger partial charge on any atom is -0.486 e. The second kappa shape index (κ2) is 5.93. The van der Waals surface area contributed by atoms with E-state index in [1.807, 2.05) is 0 Å². The van der Waals surface area contributed by atoms with Crippen LogP contribution in [0.1, 0.15) is 11.5 Å². The first kappa shape index (κ1) is 14.2. The largest absolute Gasteiger partial charge is 0.486 e. The predicted octanol–water partition coefficient (Wildman–Crippen LogP) is 1.84. The highest BCUT2D eigenvalue weighted by atomic mass is 16.5. The second-order valence-electron chi connectivity index (χ2n) is 5.05. The van der Waals surface area contributed by atoms with Gasteiger partial charge in [-0.1, -0.05) is 0 Å². The molecule has 0 bridgehead atoms. The lowest BCUT2D eigenvalue weighted by Crippen LogP contribution is -2.55. The van der Waals surface area contributed by atoms with E-state index in [1.165, 1.54) is 12.1 Å². The van der Waals surface area contributed by atoms with Gasteiger partial charge in [-0.15, -0.1) is 0 Å². The number of likely N-dealkylation sites (tertiary alicyclic amines) is 1. The van der Waals surface area contributed by atoms with E-state index in [0.717, 1.165) is 0 Å². The van der Waals surface area contributed by atoms with Crippen LogP contribution >= 0.6 is 0 Å². The fraction of sp³-hybridized carbons (Fsp3) is 0.250. The first-order valence-electron chi connectivity index (χ1n) is 6.89. The molecule has 0 spiro atoms. The summed E-state index contributed by atoms with van der Waals surface area (Å²) in [7, 11) is 0. The van der Waals surface area contributed by atoms with Crippen molar-refractivity contribution in [2.24, 2.45) is 0 Å². The topological polar surface area (TPSA) is 72.9 Å². The normalized spacial score (nSPS) is 15.0. The van der Waals surface area contributed by atoms with Gasteiger partial charge in [-0.2, -0.15) is 0 Å². The zero-order valence-corrected chi connectivity index (χ0v) is 12.0. The van der Waals surface area contributed by atoms with Gasteiger partial charge in [-0.3, -0.25) is 4.79 Å². The summed E-state index contributed by atoms with van der Waals surface area (Å²) >= 11 is 0. The highest BCUT2D eigenvalue weighted by Gasteiger charge is 2.31. The summed E-state index contributed by atoms with van der Waals surface area (Å²) in [5.41, 5.74) is -0.441. The number of hydrogen-bond acceptors (Lipinski definition) is 5. The second-order valence-corrected chi connectivity index (χ2v) is 5.05. The molecule has 6 heteroatoms. The molecule has 0 aromatic carbocycles. The van der Waals surface area contributed by atoms with Crippen molar-refractivity contribution in [2.75, 3.05) is 13.1 Å². The van der Waals surface area contributed by atoms with Gasteiger partial charge in [0.15, 0.2) is 0 Å². The van der Waals surface area contributed by atoms with E-state index >= 15 is 0 Å². The lowest BCUT2D eigenvalue weighted by atomic mass is 10.1. The minimum absolute atomic E-state index is 0.0972. The summed E-state index contributed by atoms with van der Waals surface area (Å²) in [5.74, 6) is 1.50. The SMILES string of the molecule is Cc1cc(OC2CN(C(=O)C=Cc3ccco3)C2)cc(=O)o1. The Morgan fingerprint density at radius 2 is 2.23 bits per heavy atom. The van der Waals surface area contributed by atoms with Crippen LogP contribution in [0.25, 0.3) is 6.08 Å². The summed E-state index contributed by atoms with van der Waals surface area (Å²) in [6.45, 7) is 2.66. The predicted molar refractivity (Wildman–Crippen MR) is 78.5 cm³/mol. The standard InChI is InChI=1S/C16H15NO5/c1-11-7-13(8-16(19)21-11)22-14-9-17(10-14)15(18)5-4-12-3-2-6-20-12/h2-8,14H,9-10H2,1H3. The van der Waals surface area contributed by atoms with E-state index in [9.17, 15) is 9.59 Å². The monoisotopic (exact) mass is 301 g/mol. The van der Waals surface area contributed by atoms with E-state index in [2.05, 4.69) is 0 Å². The molecule has 22 heavy (non-hydrogen) atoms. The van der Waals surface area contributed by atoms with E-state index in [0.29, 0.717) is 30.4 Å². The van der Waals surface area contributed by atoms with Crippen molar-refractivity contribution in [3.8, 4) is 5.75 Å². The Balaban J connectivity index is 1.51. The maximum atomic E-state index is 11.9. The molecule has 1 amide bonds. The summed E-state index contributed by atoms with van der Waals surface area (Å²) in [6, 6.07) is 6.49. The average Bonchev–Trinajstić information content (AvgIpc) is 2.92. The molecule has 0 aliphatic carbocycles. The zero-order valence-electron chi connectivity index (χ0n) is 12.0. The van der Waals surface area contributed by atoms with Crippen molar-refractivity contribution in [3.63, 3.8) is 0 Å². The molecule has 1 saturated heterocycles. The molecule has 2 aromatic rings. The highest BCUT2D eigenvalue weighted by molar-refractivity contribution is 5.92. The third-order valence-corrected chi connectivity index (χ3v) is 3.26. The number of carbonyl (C=O) groups excluding carboxylic acids is 1. The Bertz CT molecular complexity index is 738. The molecule has 0 atom stereocenters. The average molecular weight is 301 g/mol. The van der Waals surface area contributed by atoms with Crippen molar-refractivity contribution in [1.82, 2.24) is 4.90 Å². The van der Waals surface area contributed by atoms with Crippen LogP contribution in [0.15, 0.2) is 50.2 Å². The number of nitrogens with zero attached hydrogens (tertiary/aromatic N) is 1. The van der Waals surface area contributed by atoms with Crippen LogP contribution in [0.3, 0.4) is 0 Å². The van der Waals surface area contributed by atoms with Crippen molar-refractivity contribution in [1.29, 1.82) is 0 Å². The fourth-order valence-electron chi connectivity index (χ4n) is 2.17. The highest BCUT2D eigenvalue weighted by Crippen LogP contribution is 2.18. The number of carbonyl (C=O) groups is 1. The Kier molecular flexibility index (Phi) is 3.82. The zero-order chi connectivity index (χ0) is 15.5. The van der Waals surface area contributed by atoms with Gasteiger partial charge < -0.3 is 18.5 Å². The number of rotatable bonds is 4. The van der Waals surface area contributed by atoms with E-state index in [-0.39, 0.29) is 12.0 Å². The molecule has 0 saturated carbocycles. The molecule has 2 aromatic heterocycles. The molecule has 0 radical (unpaired) electrons. The quantitative estimate of drug-likeness (QED) is 0.806. The van der Waals surface area contributed by atoms with Gasteiger partial charge in [-0.05, 0) is 25.1 Å². The minimum atomic E-state index is -0.441. The van der Waals surface area contributed by atoms with E-state index in [1.54, 1.807) is 42.4 Å². The van der Waals surface area contributed by atoms with Crippen molar-refractivity contribution in [3.05, 3.63) is 58.5 Å². The van der Waals surface area contributed by atoms with Gasteiger partial charge >= 0.3 is 5.63 Å². The Labute approximate surface area is 126 Å². The summed E-state index contributed by atoms with van der Waals surface area (Å²) in [5, 5.41) is 0. The van der Waals surface area contributed by atoms with Crippen molar-refractivity contribution in [2.45, 2.75) is 13.0 Å². The van der Waals surface area contributed by atoms with Gasteiger partial charge in [0.1, 0.15) is 23.4 Å². The smallest absolute Gasteiger partial charge is 0.339 e. The molecule has 0 N–H and O–H groups in total. The number of amides is 1. The van der Waals surface area contributed by atoms with Crippen LogP contribution in [-0.2, 0) is 4.79 Å². The third kappa shape index (κ3) is 3.28. The van der Waals surface area contributed by atoms with Crippen LogP contribution in [0.4, 0.5) is 0 Å². The van der Waals surface area contributed by atoms with Gasteiger partial charge in [0.25, 0.3) is 0 Å². The lowest BCUT2D eigenvalue weighted by Gasteiger charge is -2.38. The van der Waals surface area contributed by atoms with Crippen LogP contribution in [0.2, 0.25) is 0 Å². The van der Waals surface area contributed by atoms with E-state index in [4.69, 9.17) is 13.6 Å². The van der Waals surface area contributed by atoms with Crippen LogP contribution in [0.5, 0.6) is 5.75 Å². The molecule has 1 aliphatic heterocycles. The molecular formula is C16H15NO5. The molecule has 114 valence electrons. The third-order valence-electron chi connectivity index (χ3n) is 3.26. The van der Waals surface area contributed by atoms with Crippen LogP contribution in [-0.4, -0.2) is 30.0 Å². The van der Waals surface area contributed by atoms with Crippen molar-refractivity contribution < 1.29 is 18.4 Å². The number of aryl methyl sites for hydroxylation is 1. The first-order valence-corrected chi connectivity index (χ1v) is 6.89. The Morgan fingerprint density at radius 3 is 2.91 bits per heavy atom. The number of ether oxygens (including phenoxy) is 1. The molecule has 1 fully saturated rings. The molecule has 3 heterocycles. The molecule has 6 nitrogen and oxygen atoms in total. The Morgan fingerprint density at radius 1 is 1.41 bits per heavy atom. The first-order chi connectivity index (χ1) is 10.6. The van der Waals surface area contributed by atoms with Gasteiger partial charge in [-0.25, -0.2) is 4.79 Å². The molecule has 3 rings (SSSR count). The molecular weight excluding hydrogens is 286 g/mol.